The minimum absolute atomic E-state index is 0.171. The Labute approximate surface area is 201 Å². The summed E-state index contributed by atoms with van der Waals surface area (Å²) in [5.74, 6) is -2.36. The minimum atomic E-state index is -2.13. The molecule has 1 heterocycles. The number of benzene rings is 3. The molecule has 0 bridgehead atoms. The number of halogens is 1. The Bertz CT molecular complexity index is 1090. The van der Waals surface area contributed by atoms with E-state index < -0.39 is 48.7 Å². The Morgan fingerprint density at radius 3 is 1.34 bits per heavy atom. The summed E-state index contributed by atoms with van der Waals surface area (Å²) in [4.78, 5) is 38.3. The van der Waals surface area contributed by atoms with E-state index in [1.54, 1.807) is 66.7 Å². The first kappa shape index (κ1) is 24.1. The summed E-state index contributed by atoms with van der Waals surface area (Å²) in [6.45, 7) is 1.48. The van der Waals surface area contributed by atoms with Gasteiger partial charge in [0.25, 0.3) is 0 Å². The van der Waals surface area contributed by atoms with Crippen LogP contribution in [-0.2, 0) is 18.9 Å². The van der Waals surface area contributed by atoms with Crippen LogP contribution in [0.2, 0.25) is 0 Å². The van der Waals surface area contributed by atoms with Crippen molar-refractivity contribution < 1.29 is 37.7 Å². The maximum absolute atomic E-state index is 15.1. The molecule has 0 spiro atoms. The van der Waals surface area contributed by atoms with Gasteiger partial charge in [-0.2, -0.15) is 0 Å². The number of ether oxygens (including phenoxy) is 4. The standard InChI is InChI=1S/C27H23FO7/c1-17-21(33-25(29)18-11-5-2-6-12-18)22(34-26(30)19-13-7-3-8-14-19)23(24(28)32-17)35-27(31)20-15-9-4-10-16-20/h2-17,21-24H,1H3/t17?,21-,22?,23-,24+/m0/s1. The van der Waals surface area contributed by atoms with Crippen LogP contribution in [0.25, 0.3) is 0 Å². The van der Waals surface area contributed by atoms with Crippen molar-refractivity contribution in [3.63, 3.8) is 0 Å². The van der Waals surface area contributed by atoms with Gasteiger partial charge < -0.3 is 18.9 Å². The number of hydrogen-bond donors (Lipinski definition) is 0. The summed E-state index contributed by atoms with van der Waals surface area (Å²) in [7, 11) is 0. The summed E-state index contributed by atoms with van der Waals surface area (Å²) in [6, 6.07) is 24.2. The van der Waals surface area contributed by atoms with Crippen LogP contribution in [-0.4, -0.2) is 48.7 Å². The molecule has 35 heavy (non-hydrogen) atoms. The average Bonchev–Trinajstić information content (AvgIpc) is 2.89. The van der Waals surface area contributed by atoms with Crippen molar-refractivity contribution in [2.75, 3.05) is 0 Å². The lowest BCUT2D eigenvalue weighted by atomic mass is 9.99. The Balaban J connectivity index is 1.63. The van der Waals surface area contributed by atoms with Gasteiger partial charge in [-0.3, -0.25) is 0 Å². The van der Waals surface area contributed by atoms with E-state index in [2.05, 4.69) is 0 Å². The second-order valence-corrected chi connectivity index (χ2v) is 7.90. The van der Waals surface area contributed by atoms with E-state index in [0.29, 0.717) is 0 Å². The molecule has 0 aliphatic carbocycles. The highest BCUT2D eigenvalue weighted by Gasteiger charge is 2.51. The highest BCUT2D eigenvalue weighted by atomic mass is 19.1. The first-order chi connectivity index (χ1) is 16.9. The predicted molar refractivity (Wildman–Crippen MR) is 122 cm³/mol. The highest BCUT2D eigenvalue weighted by Crippen LogP contribution is 2.30. The van der Waals surface area contributed by atoms with Crippen molar-refractivity contribution in [2.45, 2.75) is 37.7 Å². The molecule has 0 aromatic heterocycles. The van der Waals surface area contributed by atoms with E-state index in [9.17, 15) is 14.4 Å². The number of rotatable bonds is 6. The molecule has 3 aromatic rings. The van der Waals surface area contributed by atoms with Crippen molar-refractivity contribution in [1.29, 1.82) is 0 Å². The number of esters is 3. The van der Waals surface area contributed by atoms with E-state index >= 15 is 4.39 Å². The normalized spacial score (nSPS) is 23.7. The van der Waals surface area contributed by atoms with Crippen molar-refractivity contribution in [1.82, 2.24) is 0 Å². The number of alkyl halides is 1. The smallest absolute Gasteiger partial charge is 0.338 e. The monoisotopic (exact) mass is 478 g/mol. The van der Waals surface area contributed by atoms with Crippen LogP contribution >= 0.6 is 0 Å². The summed E-state index contributed by atoms with van der Waals surface area (Å²) >= 11 is 0. The lowest BCUT2D eigenvalue weighted by molar-refractivity contribution is -0.251. The van der Waals surface area contributed by atoms with Crippen molar-refractivity contribution in [3.05, 3.63) is 108 Å². The fourth-order valence-corrected chi connectivity index (χ4v) is 3.68. The Morgan fingerprint density at radius 2 is 0.943 bits per heavy atom. The van der Waals surface area contributed by atoms with Crippen LogP contribution in [0.4, 0.5) is 4.39 Å². The molecule has 0 amide bonds. The number of hydrogen-bond acceptors (Lipinski definition) is 7. The zero-order valence-corrected chi connectivity index (χ0v) is 18.8. The largest absolute Gasteiger partial charge is 0.452 e. The van der Waals surface area contributed by atoms with Crippen LogP contribution in [0, 0.1) is 0 Å². The van der Waals surface area contributed by atoms with Crippen LogP contribution in [0.1, 0.15) is 38.0 Å². The van der Waals surface area contributed by atoms with E-state index in [0.717, 1.165) is 0 Å². The zero-order valence-electron chi connectivity index (χ0n) is 18.8. The topological polar surface area (TPSA) is 88.1 Å². The van der Waals surface area contributed by atoms with Gasteiger partial charge in [0, 0.05) is 0 Å². The molecule has 180 valence electrons. The maximum Gasteiger partial charge on any atom is 0.338 e. The molecule has 1 fully saturated rings. The molecule has 0 radical (unpaired) electrons. The summed E-state index contributed by atoms with van der Waals surface area (Å²) in [6.07, 6.45) is -7.53. The van der Waals surface area contributed by atoms with E-state index in [1.807, 2.05) is 0 Å². The van der Waals surface area contributed by atoms with E-state index in [4.69, 9.17) is 18.9 Å². The molecule has 4 rings (SSSR count). The first-order valence-corrected chi connectivity index (χ1v) is 11.0. The lowest BCUT2D eigenvalue weighted by Crippen LogP contribution is -2.59. The van der Waals surface area contributed by atoms with Crippen LogP contribution in [0.3, 0.4) is 0 Å². The Kier molecular flexibility index (Phi) is 7.52. The third kappa shape index (κ3) is 5.73. The fraction of sp³-hybridized carbons (Fsp3) is 0.222. The molecule has 3 aromatic carbocycles. The van der Waals surface area contributed by atoms with Crippen LogP contribution in [0.15, 0.2) is 91.0 Å². The summed E-state index contributed by atoms with van der Waals surface area (Å²) < 4.78 is 37.0. The summed E-state index contributed by atoms with van der Waals surface area (Å²) in [5, 5.41) is 0. The molecule has 1 saturated heterocycles. The van der Waals surface area contributed by atoms with Gasteiger partial charge in [-0.15, -0.1) is 0 Å². The Morgan fingerprint density at radius 1 is 0.600 bits per heavy atom. The molecule has 2 unspecified atom stereocenters. The average molecular weight is 478 g/mol. The fourth-order valence-electron chi connectivity index (χ4n) is 3.68. The molecule has 8 heteroatoms. The molecule has 5 atom stereocenters. The second-order valence-electron chi connectivity index (χ2n) is 7.90. The summed E-state index contributed by atoms with van der Waals surface area (Å²) in [5.41, 5.74) is 0.612. The molecular weight excluding hydrogens is 455 g/mol. The van der Waals surface area contributed by atoms with Gasteiger partial charge in [-0.1, -0.05) is 54.6 Å². The predicted octanol–water partition coefficient (Wildman–Crippen LogP) is 4.38. The quantitative estimate of drug-likeness (QED) is 0.384. The first-order valence-electron chi connectivity index (χ1n) is 11.0. The van der Waals surface area contributed by atoms with Gasteiger partial charge in [0.2, 0.25) is 6.36 Å². The van der Waals surface area contributed by atoms with Crippen molar-refractivity contribution in [2.24, 2.45) is 0 Å². The SMILES string of the molecule is CC1O[C@@H](F)[C@@H](OC(=O)c2ccccc2)C(OC(=O)c2ccccc2)[C@H]1OC(=O)c1ccccc1. The highest BCUT2D eigenvalue weighted by molar-refractivity contribution is 5.91. The van der Waals surface area contributed by atoms with Gasteiger partial charge in [0.15, 0.2) is 18.3 Å². The maximum atomic E-state index is 15.1. The Hall–Kier alpha value is -4.04. The molecule has 0 N–H and O–H groups in total. The molecule has 0 saturated carbocycles. The van der Waals surface area contributed by atoms with Gasteiger partial charge in [-0.25, -0.2) is 18.8 Å². The number of carbonyl (C=O) groups excluding carboxylic acids is 3. The van der Waals surface area contributed by atoms with E-state index in [-0.39, 0.29) is 16.7 Å². The lowest BCUT2D eigenvalue weighted by Gasteiger charge is -2.41. The molecule has 1 aliphatic rings. The van der Waals surface area contributed by atoms with Gasteiger partial charge in [0.05, 0.1) is 22.8 Å². The van der Waals surface area contributed by atoms with Gasteiger partial charge >= 0.3 is 17.9 Å². The van der Waals surface area contributed by atoms with E-state index in [1.165, 1.54) is 31.2 Å². The molecule has 1 aliphatic heterocycles. The zero-order chi connectivity index (χ0) is 24.8. The second kappa shape index (κ2) is 10.9. The third-order valence-corrected chi connectivity index (χ3v) is 5.47. The van der Waals surface area contributed by atoms with Crippen LogP contribution < -0.4 is 0 Å². The van der Waals surface area contributed by atoms with Crippen LogP contribution in [0.5, 0.6) is 0 Å². The van der Waals surface area contributed by atoms with Crippen molar-refractivity contribution in [3.8, 4) is 0 Å². The number of carbonyl (C=O) groups is 3. The third-order valence-electron chi connectivity index (χ3n) is 5.47. The van der Waals surface area contributed by atoms with Crippen molar-refractivity contribution >= 4 is 17.9 Å². The van der Waals surface area contributed by atoms with Gasteiger partial charge in [-0.05, 0) is 43.3 Å². The minimum Gasteiger partial charge on any atom is -0.452 e. The van der Waals surface area contributed by atoms with Gasteiger partial charge in [0.1, 0.15) is 0 Å². The molecular formula is C27H23FO7. The molecule has 7 nitrogen and oxygen atoms in total.